The normalized spacial score (nSPS) is 14.7. The minimum Gasteiger partial charge on any atom is -0.324 e. The molecule has 0 saturated carbocycles. The lowest BCUT2D eigenvalue weighted by Crippen LogP contribution is -2.31. The first-order valence-electron chi connectivity index (χ1n) is 7.17. The summed E-state index contributed by atoms with van der Waals surface area (Å²) >= 11 is 0. The van der Waals surface area contributed by atoms with Crippen LogP contribution in [0.1, 0.15) is 50.3 Å². The molecule has 3 heteroatoms. The average Bonchev–Trinajstić information content (AvgIpc) is 2.39. The largest absolute Gasteiger partial charge is 0.324 e. The Kier molecular flexibility index (Phi) is 6.46. The molecule has 0 bridgehead atoms. The molecule has 0 saturated heterocycles. The van der Waals surface area contributed by atoms with Crippen molar-refractivity contribution in [1.82, 2.24) is 4.90 Å². The lowest BCUT2D eigenvalue weighted by molar-refractivity contribution is 0.236. The van der Waals surface area contributed by atoms with E-state index < -0.39 is 0 Å². The van der Waals surface area contributed by atoms with Gasteiger partial charge in [-0.15, -0.1) is 0 Å². The van der Waals surface area contributed by atoms with Crippen molar-refractivity contribution in [2.45, 2.75) is 52.1 Å². The fourth-order valence-corrected chi connectivity index (χ4v) is 2.21. The Hall–Kier alpha value is -0.930. The monoisotopic (exact) mass is 266 g/mol. The summed E-state index contributed by atoms with van der Waals surface area (Å²) in [6.07, 6.45) is 3.25. The highest BCUT2D eigenvalue weighted by Crippen LogP contribution is 2.18. The number of hydrogen-bond acceptors (Lipinski definition) is 2. The first kappa shape index (κ1) is 16.1. The maximum absolute atomic E-state index is 13.5. The number of benzene rings is 1. The molecule has 0 heterocycles. The number of hydrogen-bond donors (Lipinski definition) is 1. The van der Waals surface area contributed by atoms with E-state index in [1.807, 2.05) is 6.07 Å². The van der Waals surface area contributed by atoms with E-state index in [1.165, 1.54) is 12.8 Å². The van der Waals surface area contributed by atoms with Crippen LogP contribution in [0.15, 0.2) is 18.2 Å². The SMILES string of the molecule is CCCC(C)N(C)CCC(N)c1ccc(C)c(F)c1. The molecule has 19 heavy (non-hydrogen) atoms. The maximum atomic E-state index is 13.5. The van der Waals surface area contributed by atoms with Gasteiger partial charge in [-0.1, -0.05) is 25.5 Å². The summed E-state index contributed by atoms with van der Waals surface area (Å²) in [7, 11) is 2.13. The van der Waals surface area contributed by atoms with Crippen molar-refractivity contribution in [3.05, 3.63) is 35.1 Å². The molecule has 0 fully saturated rings. The fraction of sp³-hybridized carbons (Fsp3) is 0.625. The Bertz CT molecular complexity index is 392. The second kappa shape index (κ2) is 7.61. The Labute approximate surface area is 116 Å². The van der Waals surface area contributed by atoms with Crippen molar-refractivity contribution in [2.75, 3.05) is 13.6 Å². The second-order valence-electron chi connectivity index (χ2n) is 5.52. The van der Waals surface area contributed by atoms with Crippen LogP contribution in [-0.2, 0) is 0 Å². The van der Waals surface area contributed by atoms with Crippen LogP contribution in [0.25, 0.3) is 0 Å². The van der Waals surface area contributed by atoms with Gasteiger partial charge >= 0.3 is 0 Å². The van der Waals surface area contributed by atoms with Crippen molar-refractivity contribution >= 4 is 0 Å². The summed E-state index contributed by atoms with van der Waals surface area (Å²) in [5.74, 6) is -0.166. The number of rotatable bonds is 7. The van der Waals surface area contributed by atoms with Gasteiger partial charge in [0.25, 0.3) is 0 Å². The van der Waals surface area contributed by atoms with Crippen LogP contribution in [0.4, 0.5) is 4.39 Å². The average molecular weight is 266 g/mol. The summed E-state index contributed by atoms with van der Waals surface area (Å²) in [6.45, 7) is 7.15. The number of halogens is 1. The van der Waals surface area contributed by atoms with E-state index in [9.17, 15) is 4.39 Å². The smallest absolute Gasteiger partial charge is 0.126 e. The lowest BCUT2D eigenvalue weighted by atomic mass is 10.0. The van der Waals surface area contributed by atoms with E-state index in [4.69, 9.17) is 5.73 Å². The topological polar surface area (TPSA) is 29.3 Å². The summed E-state index contributed by atoms with van der Waals surface area (Å²) in [6, 6.07) is 5.78. The molecule has 1 aromatic carbocycles. The molecule has 0 aromatic heterocycles. The number of nitrogens with zero attached hydrogens (tertiary/aromatic N) is 1. The van der Waals surface area contributed by atoms with Gasteiger partial charge in [0.15, 0.2) is 0 Å². The molecule has 0 spiro atoms. The molecule has 2 atom stereocenters. The van der Waals surface area contributed by atoms with Gasteiger partial charge in [-0.3, -0.25) is 0 Å². The van der Waals surface area contributed by atoms with E-state index in [0.29, 0.717) is 11.6 Å². The fourth-order valence-electron chi connectivity index (χ4n) is 2.21. The quantitative estimate of drug-likeness (QED) is 0.816. The van der Waals surface area contributed by atoms with Crippen LogP contribution < -0.4 is 5.73 Å². The van der Waals surface area contributed by atoms with E-state index in [1.54, 1.807) is 19.1 Å². The van der Waals surface area contributed by atoms with Gasteiger partial charge in [-0.05, 0) is 57.5 Å². The van der Waals surface area contributed by atoms with Crippen molar-refractivity contribution in [2.24, 2.45) is 5.73 Å². The van der Waals surface area contributed by atoms with Crippen molar-refractivity contribution in [1.29, 1.82) is 0 Å². The summed E-state index contributed by atoms with van der Waals surface area (Å²) in [5.41, 5.74) is 7.70. The van der Waals surface area contributed by atoms with Crippen molar-refractivity contribution in [3.8, 4) is 0 Å². The van der Waals surface area contributed by atoms with Crippen LogP contribution in [-0.4, -0.2) is 24.5 Å². The first-order chi connectivity index (χ1) is 8.95. The molecular weight excluding hydrogens is 239 g/mol. The molecule has 2 nitrogen and oxygen atoms in total. The van der Waals surface area contributed by atoms with Gasteiger partial charge < -0.3 is 10.6 Å². The Morgan fingerprint density at radius 2 is 2.00 bits per heavy atom. The highest BCUT2D eigenvalue weighted by molar-refractivity contribution is 5.25. The Morgan fingerprint density at radius 1 is 1.32 bits per heavy atom. The minimum atomic E-state index is -0.166. The van der Waals surface area contributed by atoms with E-state index in [2.05, 4.69) is 25.8 Å². The molecule has 0 amide bonds. The predicted molar refractivity (Wildman–Crippen MR) is 79.7 cm³/mol. The molecule has 1 aromatic rings. The highest BCUT2D eigenvalue weighted by atomic mass is 19.1. The van der Waals surface area contributed by atoms with Gasteiger partial charge in [0, 0.05) is 12.1 Å². The van der Waals surface area contributed by atoms with Gasteiger partial charge in [0.05, 0.1) is 0 Å². The van der Waals surface area contributed by atoms with E-state index >= 15 is 0 Å². The maximum Gasteiger partial charge on any atom is 0.126 e. The molecule has 2 N–H and O–H groups in total. The molecular formula is C16H27FN2. The molecule has 108 valence electrons. The predicted octanol–water partition coefficient (Wildman–Crippen LogP) is 3.64. The van der Waals surface area contributed by atoms with Gasteiger partial charge in [-0.25, -0.2) is 4.39 Å². The van der Waals surface area contributed by atoms with Crippen LogP contribution >= 0.6 is 0 Å². The van der Waals surface area contributed by atoms with Gasteiger partial charge in [0.2, 0.25) is 0 Å². The molecule has 0 aliphatic heterocycles. The standard InChI is InChI=1S/C16H27FN2/c1-5-6-13(3)19(4)10-9-16(18)14-8-7-12(2)15(17)11-14/h7-8,11,13,16H,5-6,9-10,18H2,1-4H3. The Morgan fingerprint density at radius 3 is 2.58 bits per heavy atom. The molecule has 1 rings (SSSR count). The van der Waals surface area contributed by atoms with Crippen LogP contribution in [0.3, 0.4) is 0 Å². The first-order valence-corrected chi connectivity index (χ1v) is 7.17. The third-order valence-electron chi connectivity index (χ3n) is 3.88. The third kappa shape index (κ3) is 4.92. The summed E-state index contributed by atoms with van der Waals surface area (Å²) in [5, 5.41) is 0. The third-order valence-corrected chi connectivity index (χ3v) is 3.88. The van der Waals surface area contributed by atoms with Crippen LogP contribution in [0, 0.1) is 12.7 Å². The Balaban J connectivity index is 2.50. The molecule has 0 aliphatic rings. The van der Waals surface area contributed by atoms with Gasteiger partial charge in [-0.2, -0.15) is 0 Å². The summed E-state index contributed by atoms with van der Waals surface area (Å²) in [4.78, 5) is 2.33. The zero-order valence-corrected chi connectivity index (χ0v) is 12.6. The lowest BCUT2D eigenvalue weighted by Gasteiger charge is -2.25. The number of nitrogens with two attached hydrogens (primary N) is 1. The van der Waals surface area contributed by atoms with Crippen LogP contribution in [0.5, 0.6) is 0 Å². The highest BCUT2D eigenvalue weighted by Gasteiger charge is 2.12. The second-order valence-corrected chi connectivity index (χ2v) is 5.52. The van der Waals surface area contributed by atoms with Crippen LogP contribution in [0.2, 0.25) is 0 Å². The number of aryl methyl sites for hydroxylation is 1. The van der Waals surface area contributed by atoms with Crippen molar-refractivity contribution < 1.29 is 4.39 Å². The minimum absolute atomic E-state index is 0.0913. The zero-order valence-electron chi connectivity index (χ0n) is 12.6. The molecule has 2 unspecified atom stereocenters. The zero-order chi connectivity index (χ0) is 14.4. The van der Waals surface area contributed by atoms with E-state index in [-0.39, 0.29) is 11.9 Å². The van der Waals surface area contributed by atoms with E-state index in [0.717, 1.165) is 18.5 Å². The molecule has 0 radical (unpaired) electrons. The summed E-state index contributed by atoms with van der Waals surface area (Å²) < 4.78 is 13.5. The van der Waals surface area contributed by atoms with Crippen molar-refractivity contribution in [3.63, 3.8) is 0 Å². The van der Waals surface area contributed by atoms with Gasteiger partial charge in [0.1, 0.15) is 5.82 Å². The molecule has 0 aliphatic carbocycles.